The van der Waals surface area contributed by atoms with Crippen molar-refractivity contribution in [3.05, 3.63) is 54.4 Å². The molecule has 0 unspecified atom stereocenters. The lowest BCUT2D eigenvalue weighted by Crippen LogP contribution is -1.82. The molecule has 14 heavy (non-hydrogen) atoms. The topological polar surface area (TPSA) is 36.7 Å². The van der Waals surface area contributed by atoms with Crippen molar-refractivity contribution in [2.45, 2.75) is 0 Å². The fourth-order valence-electron chi connectivity index (χ4n) is 1.35. The van der Waals surface area contributed by atoms with E-state index >= 15 is 0 Å². The summed E-state index contributed by atoms with van der Waals surface area (Å²) in [6, 6.07) is 11.8. The number of benzene rings is 1. The highest BCUT2D eigenvalue weighted by Crippen LogP contribution is 2.18. The Balaban J connectivity index is 2.47. The van der Waals surface area contributed by atoms with Crippen LogP contribution in [0.2, 0.25) is 0 Å². The molecule has 0 aliphatic rings. The average molecular weight is 182 g/mol. The number of nitrogens with one attached hydrogen (secondary N) is 1. The Bertz CT molecular complexity index is 435. The molecule has 2 aromatic rings. The molecule has 2 nitrogen and oxygen atoms in total. The molecule has 1 heterocycles. The van der Waals surface area contributed by atoms with E-state index in [0.29, 0.717) is 0 Å². The Kier molecular flexibility index (Phi) is 2.36. The van der Waals surface area contributed by atoms with Gasteiger partial charge in [0.05, 0.1) is 0 Å². The molecule has 0 radical (unpaired) electrons. The molecule has 1 aromatic heterocycles. The van der Waals surface area contributed by atoms with Gasteiger partial charge in [0.2, 0.25) is 0 Å². The Morgan fingerprint density at radius 2 is 1.79 bits per heavy atom. The molecule has 0 aliphatic heterocycles. The number of nitrogens with zero attached hydrogens (tertiary/aromatic N) is 1. The van der Waals surface area contributed by atoms with Crippen LogP contribution in [0.5, 0.6) is 0 Å². The number of rotatable bonds is 2. The first-order chi connectivity index (χ1) is 6.90. The van der Waals surface area contributed by atoms with Gasteiger partial charge in [-0.25, -0.2) is 0 Å². The average Bonchev–Trinajstić information content (AvgIpc) is 2.30. The first-order valence-electron chi connectivity index (χ1n) is 4.41. The molecule has 0 fully saturated rings. The number of hydrogen-bond acceptors (Lipinski definition) is 2. The molecule has 2 heteroatoms. The van der Waals surface area contributed by atoms with Gasteiger partial charge in [-0.3, -0.25) is 4.98 Å². The summed E-state index contributed by atoms with van der Waals surface area (Å²) >= 11 is 0. The van der Waals surface area contributed by atoms with Gasteiger partial charge in [0, 0.05) is 18.6 Å². The van der Waals surface area contributed by atoms with Crippen molar-refractivity contribution in [2.24, 2.45) is 0 Å². The molecule has 2 rings (SSSR count). The van der Waals surface area contributed by atoms with E-state index < -0.39 is 0 Å². The van der Waals surface area contributed by atoms with E-state index in [0.717, 1.165) is 16.7 Å². The number of hydrogen-bond donors (Lipinski definition) is 1. The van der Waals surface area contributed by atoms with E-state index in [1.165, 1.54) is 6.21 Å². The lowest BCUT2D eigenvalue weighted by atomic mass is 10.1. The normalized spacial score (nSPS) is 9.71. The van der Waals surface area contributed by atoms with Crippen LogP contribution in [0.3, 0.4) is 0 Å². The highest BCUT2D eigenvalue weighted by atomic mass is 14.6. The van der Waals surface area contributed by atoms with Gasteiger partial charge in [-0.05, 0) is 34.9 Å². The van der Waals surface area contributed by atoms with Gasteiger partial charge in [0.15, 0.2) is 0 Å². The zero-order chi connectivity index (χ0) is 9.80. The molecule has 1 N–H and O–H groups in total. The second-order valence-corrected chi connectivity index (χ2v) is 3.01. The minimum atomic E-state index is 0.916. The molecule has 0 atom stereocenters. The van der Waals surface area contributed by atoms with Gasteiger partial charge in [0.1, 0.15) is 0 Å². The zero-order valence-electron chi connectivity index (χ0n) is 7.64. The van der Waals surface area contributed by atoms with Crippen molar-refractivity contribution >= 4 is 6.21 Å². The second-order valence-electron chi connectivity index (χ2n) is 3.01. The van der Waals surface area contributed by atoms with E-state index in [1.54, 1.807) is 12.4 Å². The monoisotopic (exact) mass is 182 g/mol. The first kappa shape index (κ1) is 8.63. The number of pyridine rings is 1. The molecule has 0 aliphatic carbocycles. The Morgan fingerprint density at radius 3 is 2.50 bits per heavy atom. The zero-order valence-corrected chi connectivity index (χ0v) is 7.64. The van der Waals surface area contributed by atoms with Crippen LogP contribution in [0.15, 0.2) is 48.8 Å². The van der Waals surface area contributed by atoms with Crippen LogP contribution in [0, 0.1) is 5.41 Å². The van der Waals surface area contributed by atoms with Crippen LogP contribution in [-0.2, 0) is 0 Å². The minimum Gasteiger partial charge on any atom is -0.308 e. The second kappa shape index (κ2) is 3.83. The van der Waals surface area contributed by atoms with Crippen molar-refractivity contribution in [1.29, 1.82) is 5.41 Å². The van der Waals surface area contributed by atoms with Crippen LogP contribution in [0.25, 0.3) is 11.1 Å². The molecule has 0 amide bonds. The predicted molar refractivity (Wildman–Crippen MR) is 57.6 cm³/mol. The third-order valence-electron chi connectivity index (χ3n) is 2.07. The first-order valence-corrected chi connectivity index (χ1v) is 4.41. The van der Waals surface area contributed by atoms with Crippen LogP contribution >= 0.6 is 0 Å². The lowest BCUT2D eigenvalue weighted by molar-refractivity contribution is 1.33. The van der Waals surface area contributed by atoms with E-state index in [1.807, 2.05) is 36.4 Å². The summed E-state index contributed by atoms with van der Waals surface area (Å²) in [5.74, 6) is 0. The van der Waals surface area contributed by atoms with E-state index in [2.05, 4.69) is 4.98 Å². The van der Waals surface area contributed by atoms with Gasteiger partial charge >= 0.3 is 0 Å². The quantitative estimate of drug-likeness (QED) is 0.712. The van der Waals surface area contributed by atoms with Gasteiger partial charge in [-0.2, -0.15) is 0 Å². The third-order valence-corrected chi connectivity index (χ3v) is 2.07. The molecular formula is C12H10N2. The van der Waals surface area contributed by atoms with Crippen molar-refractivity contribution in [3.63, 3.8) is 0 Å². The number of aromatic nitrogens is 1. The van der Waals surface area contributed by atoms with Crippen LogP contribution in [-0.4, -0.2) is 11.2 Å². The summed E-state index contributed by atoms with van der Waals surface area (Å²) in [7, 11) is 0. The maximum Gasteiger partial charge on any atom is 0.0273 e. The predicted octanol–water partition coefficient (Wildman–Crippen LogP) is 2.75. The summed E-state index contributed by atoms with van der Waals surface area (Å²) in [6.45, 7) is 0. The molecular weight excluding hydrogens is 172 g/mol. The summed E-state index contributed by atoms with van der Waals surface area (Å²) < 4.78 is 0. The summed E-state index contributed by atoms with van der Waals surface area (Å²) in [5, 5.41) is 7.17. The van der Waals surface area contributed by atoms with Crippen LogP contribution in [0.4, 0.5) is 0 Å². The maximum atomic E-state index is 7.17. The Labute approximate surface area is 82.8 Å². The highest BCUT2D eigenvalue weighted by Gasteiger charge is 1.96. The van der Waals surface area contributed by atoms with Crippen LogP contribution < -0.4 is 0 Å². The van der Waals surface area contributed by atoms with Crippen molar-refractivity contribution in [3.8, 4) is 11.1 Å². The molecule has 0 saturated heterocycles. The standard InChI is InChI=1S/C12H10N2/c13-9-10-2-1-3-12(8-10)11-4-6-14-7-5-11/h1-9,13H. The summed E-state index contributed by atoms with van der Waals surface area (Å²) in [5.41, 5.74) is 3.16. The summed E-state index contributed by atoms with van der Waals surface area (Å²) in [6.07, 6.45) is 4.89. The largest absolute Gasteiger partial charge is 0.308 e. The van der Waals surface area contributed by atoms with Gasteiger partial charge < -0.3 is 5.41 Å². The highest BCUT2D eigenvalue weighted by molar-refractivity contribution is 5.80. The SMILES string of the molecule is N=Cc1cccc(-c2ccncc2)c1. The molecule has 1 aromatic carbocycles. The van der Waals surface area contributed by atoms with Gasteiger partial charge in [-0.1, -0.05) is 18.2 Å². The maximum absolute atomic E-state index is 7.17. The van der Waals surface area contributed by atoms with Crippen LogP contribution in [0.1, 0.15) is 5.56 Å². The molecule has 0 spiro atoms. The van der Waals surface area contributed by atoms with E-state index in [9.17, 15) is 0 Å². The fourth-order valence-corrected chi connectivity index (χ4v) is 1.35. The van der Waals surface area contributed by atoms with Gasteiger partial charge in [-0.15, -0.1) is 0 Å². The lowest BCUT2D eigenvalue weighted by Gasteiger charge is -2.01. The smallest absolute Gasteiger partial charge is 0.0273 e. The molecule has 68 valence electrons. The van der Waals surface area contributed by atoms with Gasteiger partial charge in [0.25, 0.3) is 0 Å². The van der Waals surface area contributed by atoms with E-state index in [-0.39, 0.29) is 0 Å². The Morgan fingerprint density at radius 1 is 1.00 bits per heavy atom. The van der Waals surface area contributed by atoms with Crippen molar-refractivity contribution < 1.29 is 0 Å². The Hall–Kier alpha value is -1.96. The van der Waals surface area contributed by atoms with E-state index in [4.69, 9.17) is 5.41 Å². The molecule has 0 saturated carbocycles. The summed E-state index contributed by atoms with van der Waals surface area (Å²) in [4.78, 5) is 3.97. The minimum absolute atomic E-state index is 0.916. The fraction of sp³-hybridized carbons (Fsp3) is 0. The molecule has 0 bridgehead atoms. The van der Waals surface area contributed by atoms with Crippen molar-refractivity contribution in [1.82, 2.24) is 4.98 Å². The van der Waals surface area contributed by atoms with Crippen molar-refractivity contribution in [2.75, 3.05) is 0 Å². The third kappa shape index (κ3) is 1.69.